The number of hydrogen-bond acceptors (Lipinski definition) is 6. The molecule has 6 atom stereocenters. The van der Waals surface area contributed by atoms with Gasteiger partial charge in [0.2, 0.25) is 5.60 Å². The first-order chi connectivity index (χ1) is 16.8. The number of ketones is 3. The van der Waals surface area contributed by atoms with Gasteiger partial charge in [-0.3, -0.25) is 14.4 Å². The van der Waals surface area contributed by atoms with Crippen LogP contribution in [0.5, 0.6) is 0 Å². The van der Waals surface area contributed by atoms with Gasteiger partial charge in [0.05, 0.1) is 0 Å². The minimum Gasteiger partial charge on any atom is -0.386 e. The molecule has 6 nitrogen and oxygen atoms in total. The lowest BCUT2D eigenvalue weighted by molar-refractivity contribution is -0.177. The van der Waals surface area contributed by atoms with Crippen molar-refractivity contribution < 1.29 is 29.7 Å². The van der Waals surface area contributed by atoms with Crippen LogP contribution in [0.3, 0.4) is 0 Å². The standard InChI is InChI=1S/C30H56O6/c1-8-10-12-17-23(6)26(32)27(33)29(35)30(36,28(34)24(7)18-13-11-9-2)25(31)20-19-22(5)16-14-15-21(3)4/h21-24,27,29,33,35-36H,8-20H2,1-7H3. The van der Waals surface area contributed by atoms with E-state index in [9.17, 15) is 29.7 Å². The Labute approximate surface area is 220 Å². The molecule has 0 aliphatic rings. The molecule has 0 aromatic rings. The number of unbranched alkanes of at least 4 members (excludes halogenated alkanes) is 4. The van der Waals surface area contributed by atoms with E-state index in [-0.39, 0.29) is 12.3 Å². The highest BCUT2D eigenvalue weighted by atomic mass is 16.4. The Bertz CT molecular complexity index is 645. The third-order valence-corrected chi connectivity index (χ3v) is 7.58. The zero-order valence-corrected chi connectivity index (χ0v) is 24.2. The second-order valence-corrected chi connectivity index (χ2v) is 11.6. The Morgan fingerprint density at radius 2 is 1.22 bits per heavy atom. The van der Waals surface area contributed by atoms with Gasteiger partial charge in [-0.15, -0.1) is 0 Å². The molecule has 3 N–H and O–H groups in total. The van der Waals surface area contributed by atoms with E-state index in [1.54, 1.807) is 13.8 Å². The minimum absolute atomic E-state index is 0.0865. The van der Waals surface area contributed by atoms with Crippen molar-refractivity contribution in [1.82, 2.24) is 0 Å². The molecule has 0 aromatic carbocycles. The summed E-state index contributed by atoms with van der Waals surface area (Å²) < 4.78 is 0. The Hall–Kier alpha value is -1.11. The summed E-state index contributed by atoms with van der Waals surface area (Å²) in [5, 5.41) is 33.2. The first kappa shape index (κ1) is 34.9. The molecule has 0 amide bonds. The molecule has 0 rings (SSSR count). The van der Waals surface area contributed by atoms with Crippen molar-refractivity contribution in [2.45, 2.75) is 150 Å². The van der Waals surface area contributed by atoms with Crippen LogP contribution in [-0.2, 0) is 14.4 Å². The molecular formula is C30H56O6. The van der Waals surface area contributed by atoms with Gasteiger partial charge in [0.25, 0.3) is 0 Å². The number of hydrogen-bond donors (Lipinski definition) is 3. The Morgan fingerprint density at radius 1 is 0.694 bits per heavy atom. The molecule has 212 valence electrons. The SMILES string of the molecule is CCCCCC(C)C(=O)C(O)C(O)C(O)(C(=O)CCC(C)CCCC(C)C)C(=O)C(C)CCCCC. The normalized spacial score (nSPS) is 17.8. The third-order valence-electron chi connectivity index (χ3n) is 7.58. The number of aliphatic hydroxyl groups excluding tert-OH is 2. The minimum atomic E-state index is -2.79. The van der Waals surface area contributed by atoms with E-state index in [0.29, 0.717) is 25.2 Å². The first-order valence-electron chi connectivity index (χ1n) is 14.5. The summed E-state index contributed by atoms with van der Waals surface area (Å²) in [7, 11) is 0. The molecule has 6 heteroatoms. The quantitative estimate of drug-likeness (QED) is 0.124. The van der Waals surface area contributed by atoms with E-state index in [1.165, 1.54) is 0 Å². The molecule has 0 heterocycles. The molecule has 36 heavy (non-hydrogen) atoms. The van der Waals surface area contributed by atoms with Crippen LogP contribution in [0.25, 0.3) is 0 Å². The lowest BCUT2D eigenvalue weighted by Gasteiger charge is -2.35. The van der Waals surface area contributed by atoms with Crippen LogP contribution in [0, 0.1) is 23.7 Å². The van der Waals surface area contributed by atoms with Crippen molar-refractivity contribution in [2.24, 2.45) is 23.7 Å². The van der Waals surface area contributed by atoms with Crippen LogP contribution in [0.4, 0.5) is 0 Å². The van der Waals surface area contributed by atoms with E-state index in [1.807, 2.05) is 13.8 Å². The average molecular weight is 513 g/mol. The summed E-state index contributed by atoms with van der Waals surface area (Å²) in [5.74, 6) is -2.63. The van der Waals surface area contributed by atoms with Gasteiger partial charge in [-0.25, -0.2) is 0 Å². The fourth-order valence-electron chi connectivity index (χ4n) is 4.76. The van der Waals surface area contributed by atoms with Crippen LogP contribution in [0.15, 0.2) is 0 Å². The van der Waals surface area contributed by atoms with Gasteiger partial charge in [0, 0.05) is 18.3 Å². The highest BCUT2D eigenvalue weighted by Gasteiger charge is 2.54. The van der Waals surface area contributed by atoms with Crippen molar-refractivity contribution in [3.63, 3.8) is 0 Å². The Balaban J connectivity index is 5.63. The van der Waals surface area contributed by atoms with E-state index in [2.05, 4.69) is 20.8 Å². The molecule has 0 saturated heterocycles. The van der Waals surface area contributed by atoms with E-state index in [4.69, 9.17) is 0 Å². The lowest BCUT2D eigenvalue weighted by Crippen LogP contribution is -2.63. The third kappa shape index (κ3) is 11.5. The van der Waals surface area contributed by atoms with Gasteiger partial charge in [-0.05, 0) is 31.1 Å². The van der Waals surface area contributed by atoms with Gasteiger partial charge < -0.3 is 15.3 Å². The van der Waals surface area contributed by atoms with E-state index >= 15 is 0 Å². The van der Waals surface area contributed by atoms with Crippen molar-refractivity contribution in [3.8, 4) is 0 Å². The number of aliphatic hydroxyl groups is 3. The van der Waals surface area contributed by atoms with Gasteiger partial charge in [-0.1, -0.05) is 106 Å². The van der Waals surface area contributed by atoms with Crippen LogP contribution in [-0.4, -0.2) is 50.5 Å². The molecule has 0 spiro atoms. The molecular weight excluding hydrogens is 456 g/mol. The maximum Gasteiger partial charge on any atom is 0.210 e. The monoisotopic (exact) mass is 512 g/mol. The summed E-state index contributed by atoms with van der Waals surface area (Å²) in [4.78, 5) is 39.6. The van der Waals surface area contributed by atoms with Gasteiger partial charge in [0.1, 0.15) is 12.2 Å². The average Bonchev–Trinajstić information content (AvgIpc) is 2.84. The summed E-state index contributed by atoms with van der Waals surface area (Å²) >= 11 is 0. The predicted molar refractivity (Wildman–Crippen MR) is 146 cm³/mol. The zero-order valence-electron chi connectivity index (χ0n) is 24.2. The van der Waals surface area contributed by atoms with Crippen LogP contribution < -0.4 is 0 Å². The maximum absolute atomic E-state index is 13.4. The summed E-state index contributed by atoms with van der Waals surface area (Å²) in [6.07, 6.45) is 5.66. The van der Waals surface area contributed by atoms with E-state index < -0.39 is 47.0 Å². The molecule has 0 aliphatic carbocycles. The smallest absolute Gasteiger partial charge is 0.210 e. The van der Waals surface area contributed by atoms with Crippen molar-refractivity contribution in [1.29, 1.82) is 0 Å². The Morgan fingerprint density at radius 3 is 1.72 bits per heavy atom. The number of Topliss-reactive ketones (excluding diaryl/α,β-unsaturated/α-hetero) is 3. The number of carbonyl (C=O) groups excluding carboxylic acids is 3. The molecule has 0 radical (unpaired) electrons. The first-order valence-corrected chi connectivity index (χ1v) is 14.5. The van der Waals surface area contributed by atoms with Crippen LogP contribution >= 0.6 is 0 Å². The van der Waals surface area contributed by atoms with Gasteiger partial charge >= 0.3 is 0 Å². The maximum atomic E-state index is 13.4. The summed E-state index contributed by atoms with van der Waals surface area (Å²) in [6.45, 7) is 13.8. The second-order valence-electron chi connectivity index (χ2n) is 11.6. The fraction of sp³-hybridized carbons (Fsp3) is 0.900. The molecule has 0 aromatic heterocycles. The van der Waals surface area contributed by atoms with Crippen molar-refractivity contribution in [2.75, 3.05) is 0 Å². The molecule has 0 saturated carbocycles. The highest BCUT2D eigenvalue weighted by molar-refractivity contribution is 6.12. The molecule has 0 fully saturated rings. The highest BCUT2D eigenvalue weighted by Crippen LogP contribution is 2.29. The zero-order chi connectivity index (χ0) is 27.9. The predicted octanol–water partition coefficient (Wildman–Crippen LogP) is 5.82. The van der Waals surface area contributed by atoms with E-state index in [0.717, 1.165) is 57.8 Å². The number of carbonyl (C=O) groups is 3. The fourth-order valence-corrected chi connectivity index (χ4v) is 4.76. The van der Waals surface area contributed by atoms with Gasteiger partial charge in [0.15, 0.2) is 17.3 Å². The van der Waals surface area contributed by atoms with Crippen LogP contribution in [0.1, 0.15) is 132 Å². The van der Waals surface area contributed by atoms with Crippen molar-refractivity contribution >= 4 is 17.3 Å². The topological polar surface area (TPSA) is 112 Å². The Kier molecular flexibility index (Phi) is 17.6. The van der Waals surface area contributed by atoms with Gasteiger partial charge in [-0.2, -0.15) is 0 Å². The largest absolute Gasteiger partial charge is 0.386 e. The summed E-state index contributed by atoms with van der Waals surface area (Å²) in [5.41, 5.74) is -2.79. The molecule has 0 bridgehead atoms. The molecule has 6 unspecified atom stereocenters. The molecule has 0 aliphatic heterocycles. The van der Waals surface area contributed by atoms with Crippen LogP contribution in [0.2, 0.25) is 0 Å². The van der Waals surface area contributed by atoms with Crippen molar-refractivity contribution in [3.05, 3.63) is 0 Å². The summed E-state index contributed by atoms with van der Waals surface area (Å²) in [6, 6.07) is 0. The lowest BCUT2D eigenvalue weighted by atomic mass is 9.75. The second kappa shape index (κ2) is 18.2. The number of rotatable bonds is 22.